The molecule has 2 aromatic rings. The van der Waals surface area contributed by atoms with Gasteiger partial charge in [-0.3, -0.25) is 5.32 Å². The standard InChI is InChI=1S/C11H7Cl2F2N5O4S/c12-7-16-8(13)18-10(17-7)19-11(21)20-25(22,23)6-4-2-1-3-5(6)24-9(14)15/h1-4,9H,(H2,16,17,18,19,20,21). The van der Waals surface area contributed by atoms with E-state index < -0.39 is 39.3 Å². The van der Waals surface area contributed by atoms with E-state index in [4.69, 9.17) is 23.2 Å². The molecule has 0 saturated heterocycles. The summed E-state index contributed by atoms with van der Waals surface area (Å²) in [5.74, 6) is -1.06. The van der Waals surface area contributed by atoms with E-state index in [1.807, 2.05) is 5.32 Å². The van der Waals surface area contributed by atoms with Gasteiger partial charge in [-0.2, -0.15) is 23.7 Å². The molecule has 0 fully saturated rings. The fraction of sp³-hybridized carbons (Fsp3) is 0.0909. The maximum absolute atomic E-state index is 12.4. The van der Waals surface area contributed by atoms with Gasteiger partial charge in [-0.15, -0.1) is 0 Å². The smallest absolute Gasteiger partial charge is 0.387 e. The Balaban J connectivity index is 2.19. The van der Waals surface area contributed by atoms with Crippen LogP contribution in [0.4, 0.5) is 19.5 Å². The van der Waals surface area contributed by atoms with Crippen molar-refractivity contribution in [3.8, 4) is 5.75 Å². The average molecular weight is 414 g/mol. The normalized spacial score (nSPS) is 11.2. The molecule has 2 rings (SSSR count). The molecule has 0 radical (unpaired) electrons. The van der Waals surface area contributed by atoms with Crippen molar-refractivity contribution in [1.29, 1.82) is 0 Å². The largest absolute Gasteiger partial charge is 0.433 e. The number of alkyl halides is 2. The molecule has 25 heavy (non-hydrogen) atoms. The Morgan fingerprint density at radius 1 is 1.12 bits per heavy atom. The minimum atomic E-state index is -4.53. The number of carbonyl (C=O) groups is 1. The minimum absolute atomic E-state index is 0.339. The molecule has 0 aliphatic carbocycles. The van der Waals surface area contributed by atoms with Crippen LogP contribution in [-0.4, -0.2) is 36.0 Å². The van der Waals surface area contributed by atoms with E-state index in [2.05, 4.69) is 19.7 Å². The number of carbonyl (C=O) groups excluding carboxylic acids is 1. The summed E-state index contributed by atoms with van der Waals surface area (Å²) in [6, 6.07) is 3.24. The molecule has 2 amide bonds. The van der Waals surface area contributed by atoms with Crippen molar-refractivity contribution in [2.24, 2.45) is 0 Å². The van der Waals surface area contributed by atoms with Crippen molar-refractivity contribution >= 4 is 45.2 Å². The van der Waals surface area contributed by atoms with Gasteiger partial charge in [0.2, 0.25) is 16.5 Å². The highest BCUT2D eigenvalue weighted by Crippen LogP contribution is 2.24. The molecule has 134 valence electrons. The maximum Gasteiger partial charge on any atom is 0.387 e. The van der Waals surface area contributed by atoms with Crippen LogP contribution in [-0.2, 0) is 10.0 Å². The number of hydrogen-bond donors (Lipinski definition) is 2. The fourth-order valence-electron chi connectivity index (χ4n) is 1.55. The van der Waals surface area contributed by atoms with Gasteiger partial charge < -0.3 is 4.74 Å². The number of urea groups is 1. The van der Waals surface area contributed by atoms with Crippen molar-refractivity contribution in [2.75, 3.05) is 5.32 Å². The second kappa shape index (κ2) is 7.72. The Labute approximate surface area is 149 Å². The zero-order valence-electron chi connectivity index (χ0n) is 11.8. The van der Waals surface area contributed by atoms with Crippen molar-refractivity contribution in [3.05, 3.63) is 34.8 Å². The summed E-state index contributed by atoms with van der Waals surface area (Å²) < 4.78 is 54.7. The van der Waals surface area contributed by atoms with Crippen LogP contribution in [0, 0.1) is 0 Å². The third kappa shape index (κ3) is 5.34. The van der Waals surface area contributed by atoms with Crippen molar-refractivity contribution in [2.45, 2.75) is 11.5 Å². The molecule has 0 bridgehead atoms. The van der Waals surface area contributed by atoms with Crippen LogP contribution in [0.25, 0.3) is 0 Å². The van der Waals surface area contributed by atoms with Crippen LogP contribution in [0.5, 0.6) is 5.75 Å². The van der Waals surface area contributed by atoms with E-state index in [0.717, 1.165) is 12.1 Å². The maximum atomic E-state index is 12.4. The van der Waals surface area contributed by atoms with Gasteiger partial charge in [-0.1, -0.05) is 12.1 Å². The zero-order valence-corrected chi connectivity index (χ0v) is 14.1. The third-order valence-corrected chi connectivity index (χ3v) is 4.10. The van der Waals surface area contributed by atoms with Crippen LogP contribution in [0.2, 0.25) is 10.6 Å². The molecule has 0 spiro atoms. The van der Waals surface area contributed by atoms with Gasteiger partial charge in [0.25, 0.3) is 10.0 Å². The molecule has 1 aromatic heterocycles. The topological polar surface area (TPSA) is 123 Å². The fourth-order valence-corrected chi connectivity index (χ4v) is 2.96. The molecule has 0 unspecified atom stereocenters. The number of nitrogens with one attached hydrogen (secondary N) is 2. The lowest BCUT2D eigenvalue weighted by Crippen LogP contribution is -2.35. The van der Waals surface area contributed by atoms with Gasteiger partial charge in [0.1, 0.15) is 10.6 Å². The van der Waals surface area contributed by atoms with Crippen molar-refractivity contribution < 1.29 is 26.7 Å². The summed E-state index contributed by atoms with van der Waals surface area (Å²) in [5, 5.41) is 1.28. The first-order chi connectivity index (χ1) is 11.7. The Kier molecular flexibility index (Phi) is 5.87. The van der Waals surface area contributed by atoms with Gasteiger partial charge in [0.15, 0.2) is 0 Å². The number of hydrogen-bond acceptors (Lipinski definition) is 7. The summed E-state index contributed by atoms with van der Waals surface area (Å²) in [6.07, 6.45) is 0. The van der Waals surface area contributed by atoms with Crippen molar-refractivity contribution in [3.63, 3.8) is 0 Å². The first-order valence-electron chi connectivity index (χ1n) is 6.12. The number of aromatic nitrogens is 3. The van der Waals surface area contributed by atoms with Crippen LogP contribution >= 0.6 is 23.2 Å². The summed E-state index contributed by atoms with van der Waals surface area (Å²) in [7, 11) is -4.53. The summed E-state index contributed by atoms with van der Waals surface area (Å²) in [5.41, 5.74) is 0. The number of para-hydroxylation sites is 1. The number of anilines is 1. The molecule has 0 atom stereocenters. The van der Waals surface area contributed by atoms with Gasteiger partial charge in [-0.05, 0) is 35.3 Å². The monoisotopic (exact) mass is 413 g/mol. The summed E-state index contributed by atoms with van der Waals surface area (Å²) in [6.45, 7) is -3.25. The van der Waals surface area contributed by atoms with Gasteiger partial charge in [-0.25, -0.2) is 17.9 Å². The highest BCUT2D eigenvalue weighted by atomic mass is 35.5. The lowest BCUT2D eigenvalue weighted by atomic mass is 10.3. The van der Waals surface area contributed by atoms with Gasteiger partial charge >= 0.3 is 12.6 Å². The molecule has 9 nitrogen and oxygen atoms in total. The predicted molar refractivity (Wildman–Crippen MR) is 82.3 cm³/mol. The van der Waals surface area contributed by atoms with Crippen LogP contribution in [0.15, 0.2) is 29.2 Å². The van der Waals surface area contributed by atoms with E-state index >= 15 is 0 Å². The lowest BCUT2D eigenvalue weighted by molar-refractivity contribution is -0.0517. The average Bonchev–Trinajstić information content (AvgIpc) is 2.44. The van der Waals surface area contributed by atoms with E-state index in [-0.39, 0.29) is 10.6 Å². The molecule has 14 heteroatoms. The Hall–Kier alpha value is -2.31. The Morgan fingerprint density at radius 2 is 1.72 bits per heavy atom. The number of nitrogens with zero attached hydrogens (tertiary/aromatic N) is 3. The highest BCUT2D eigenvalue weighted by molar-refractivity contribution is 7.90. The number of sulfonamides is 1. The van der Waals surface area contributed by atoms with E-state index in [1.54, 1.807) is 4.72 Å². The molecular weight excluding hydrogens is 407 g/mol. The van der Waals surface area contributed by atoms with E-state index in [9.17, 15) is 22.0 Å². The number of halogens is 4. The van der Waals surface area contributed by atoms with Crippen LogP contribution < -0.4 is 14.8 Å². The molecular formula is C11H7Cl2F2N5O4S. The van der Waals surface area contributed by atoms with Gasteiger partial charge in [0, 0.05) is 0 Å². The first kappa shape index (κ1) is 19.0. The van der Waals surface area contributed by atoms with Crippen LogP contribution in [0.3, 0.4) is 0 Å². The summed E-state index contributed by atoms with van der Waals surface area (Å²) in [4.78, 5) is 21.5. The molecule has 1 heterocycles. The quantitative estimate of drug-likeness (QED) is 0.770. The van der Waals surface area contributed by atoms with Gasteiger partial charge in [0.05, 0.1) is 0 Å². The third-order valence-electron chi connectivity index (χ3n) is 2.39. The Morgan fingerprint density at radius 3 is 2.32 bits per heavy atom. The van der Waals surface area contributed by atoms with E-state index in [1.165, 1.54) is 12.1 Å². The number of benzene rings is 1. The SMILES string of the molecule is O=C(Nc1nc(Cl)nc(Cl)n1)NS(=O)(=O)c1ccccc1OC(F)F. The molecule has 1 aromatic carbocycles. The predicted octanol–water partition coefficient (Wildman–Crippen LogP) is 2.29. The first-order valence-corrected chi connectivity index (χ1v) is 8.36. The minimum Gasteiger partial charge on any atom is -0.433 e. The lowest BCUT2D eigenvalue weighted by Gasteiger charge is -2.12. The summed E-state index contributed by atoms with van der Waals surface area (Å²) >= 11 is 11.0. The van der Waals surface area contributed by atoms with E-state index in [0.29, 0.717) is 0 Å². The second-order valence-corrected chi connectivity index (χ2v) is 6.41. The number of ether oxygens (including phenoxy) is 1. The molecule has 0 saturated carbocycles. The number of amides is 2. The van der Waals surface area contributed by atoms with Crippen LogP contribution in [0.1, 0.15) is 0 Å². The second-order valence-electron chi connectivity index (χ2n) is 4.08. The highest BCUT2D eigenvalue weighted by Gasteiger charge is 2.24. The molecule has 2 N–H and O–H groups in total. The Bertz CT molecular complexity index is 880. The van der Waals surface area contributed by atoms with Crippen molar-refractivity contribution in [1.82, 2.24) is 19.7 Å². The number of rotatable bonds is 5. The zero-order chi connectivity index (χ0) is 18.6. The molecule has 0 aliphatic rings. The molecule has 0 aliphatic heterocycles.